The van der Waals surface area contributed by atoms with E-state index in [1.54, 1.807) is 6.92 Å². The van der Waals surface area contributed by atoms with Crippen molar-refractivity contribution in [3.63, 3.8) is 0 Å². The Bertz CT molecular complexity index is 2800. The first-order valence-electron chi connectivity index (χ1n) is 31.2. The molecule has 0 saturated heterocycles. The van der Waals surface area contributed by atoms with E-state index in [4.69, 9.17) is 22.9 Å². The summed E-state index contributed by atoms with van der Waals surface area (Å²) < 4.78 is 4.54. The van der Waals surface area contributed by atoms with Crippen LogP contribution in [0, 0.1) is 0 Å². The topological polar surface area (TPSA) is 581 Å². The third-order valence-corrected chi connectivity index (χ3v) is 13.6. The Balaban J connectivity index is 5.28. The molecular weight excluding hydrogens is 1280 g/mol. The zero-order valence-corrected chi connectivity index (χ0v) is 55.0. The summed E-state index contributed by atoms with van der Waals surface area (Å²) in [6, 6.07) is 0. The number of amides is 12. The number of carbonyl (C=O) groups is 21. The Morgan fingerprint density at radius 3 is 0.732 bits per heavy atom. The van der Waals surface area contributed by atoms with Crippen LogP contribution in [0.15, 0.2) is 0 Å². The summed E-state index contributed by atoms with van der Waals surface area (Å²) >= 11 is 0. The van der Waals surface area contributed by atoms with E-state index in [9.17, 15) is 101 Å². The fourth-order valence-electron chi connectivity index (χ4n) is 8.12. The number of carbonyl (C=O) groups excluding carboxylic acids is 21. The Labute approximate surface area is 559 Å². The van der Waals surface area contributed by atoms with Gasteiger partial charge in [-0.05, 0) is 25.7 Å². The number of hydrogen-bond acceptors (Lipinski definition) is 26. The Morgan fingerprint density at radius 1 is 0.268 bits per heavy atom. The SMILES string of the molecule is CCCC(=O)CNC(=O)CCC(=O)CN(CCCC(=O)CNC(=O)CCC(=O)CN(CCCC(=O)CNC(=O)CCC(=O)CN(CCCC(=O)CNC(=O)CCC(=O)CN(CC(=O)OC)C(=O)CNC(=O)CN)C(=O)CNC(=O)CN)C(=O)CNC(=O)CN)C(=O)CNC(=O)CN. The van der Waals surface area contributed by atoms with Crippen LogP contribution in [0.25, 0.3) is 0 Å². The highest BCUT2D eigenvalue weighted by Crippen LogP contribution is 2.07. The fourth-order valence-corrected chi connectivity index (χ4v) is 8.12. The second kappa shape index (κ2) is 51.6. The molecule has 0 atom stereocenters. The molecule has 0 aliphatic heterocycles. The summed E-state index contributed by atoms with van der Waals surface area (Å²) in [5.74, 6) is -13.3. The maximum Gasteiger partial charge on any atom is 0.325 e. The monoisotopic (exact) mass is 1380 g/mol. The largest absolute Gasteiger partial charge is 0.468 e. The standard InChI is InChI=1S/C59H94N16O22/c1-3-7-39(76)26-64-47(84)15-11-43(80)34-72(55(92)30-68-51(88)22-60)19-4-8-40(77)27-65-48(85)16-12-44(81)35-73(56(93)31-69-52(89)23-61)20-5-9-41(78)28-66-49(86)17-13-45(82)36-74(57(94)32-70-53(90)24-62)21-6-10-42(79)29-67-50(87)18-14-46(83)37-75(38-59(96)97-2)58(95)33-71-54(91)25-63/h3-38,60-63H2,1-2H3,(H,64,84)(H,65,85)(H,66,86)(H,67,87)(H,68,88)(H,69,89)(H,70,90)(H,71,91). The number of esters is 1. The number of rotatable bonds is 56. The van der Waals surface area contributed by atoms with Crippen LogP contribution in [0.5, 0.6) is 0 Å². The molecule has 0 aromatic carbocycles. The summed E-state index contributed by atoms with van der Waals surface area (Å²) in [6.07, 6.45) is -2.78. The highest BCUT2D eigenvalue weighted by Gasteiger charge is 2.25. The quantitative estimate of drug-likeness (QED) is 0.0252. The van der Waals surface area contributed by atoms with Gasteiger partial charge in [0.1, 0.15) is 6.54 Å². The van der Waals surface area contributed by atoms with Gasteiger partial charge in [0.25, 0.3) is 0 Å². The zero-order chi connectivity index (χ0) is 73.3. The molecule has 0 aromatic heterocycles. The summed E-state index contributed by atoms with van der Waals surface area (Å²) in [4.78, 5) is 265. The molecule has 0 bridgehead atoms. The zero-order valence-electron chi connectivity index (χ0n) is 55.0. The van der Waals surface area contributed by atoms with Gasteiger partial charge in [-0.15, -0.1) is 0 Å². The van der Waals surface area contributed by atoms with E-state index in [2.05, 4.69) is 47.3 Å². The molecule has 542 valence electrons. The van der Waals surface area contributed by atoms with Gasteiger partial charge in [0.15, 0.2) is 46.3 Å². The second-order valence-electron chi connectivity index (χ2n) is 21.7. The van der Waals surface area contributed by atoms with Gasteiger partial charge in [0.05, 0.1) is 112 Å². The number of nitrogens with one attached hydrogen (secondary N) is 8. The number of nitrogens with two attached hydrogens (primary N) is 4. The molecule has 38 heteroatoms. The minimum Gasteiger partial charge on any atom is -0.468 e. The van der Waals surface area contributed by atoms with Crippen molar-refractivity contribution in [3.05, 3.63) is 0 Å². The summed E-state index contributed by atoms with van der Waals surface area (Å²) in [6.45, 7) is -7.12. The first kappa shape index (κ1) is 87.3. The molecule has 0 rings (SSSR count). The number of Topliss-reactive ketones (excluding diaryl/α,β-unsaturated/α-hetero) is 8. The van der Waals surface area contributed by atoms with Crippen molar-refractivity contribution >= 4 is 123 Å². The van der Waals surface area contributed by atoms with Crippen LogP contribution in [0.2, 0.25) is 0 Å². The Hall–Kier alpha value is -9.69. The van der Waals surface area contributed by atoms with Crippen molar-refractivity contribution in [3.8, 4) is 0 Å². The molecule has 0 aromatic rings. The van der Waals surface area contributed by atoms with E-state index in [0.29, 0.717) is 6.42 Å². The van der Waals surface area contributed by atoms with Gasteiger partial charge in [-0.3, -0.25) is 101 Å². The highest BCUT2D eigenvalue weighted by atomic mass is 16.5. The van der Waals surface area contributed by atoms with Crippen LogP contribution in [0.4, 0.5) is 0 Å². The van der Waals surface area contributed by atoms with Crippen molar-refractivity contribution in [1.82, 2.24) is 62.1 Å². The van der Waals surface area contributed by atoms with Crippen LogP contribution < -0.4 is 65.5 Å². The molecule has 16 N–H and O–H groups in total. The third kappa shape index (κ3) is 44.6. The molecule has 0 spiro atoms. The van der Waals surface area contributed by atoms with Crippen LogP contribution in [0.1, 0.15) is 110 Å². The average Bonchev–Trinajstić information content (AvgIpc) is 1.58. The molecule has 0 fully saturated rings. The molecule has 0 heterocycles. The van der Waals surface area contributed by atoms with Crippen molar-refractivity contribution < 1.29 is 105 Å². The summed E-state index contributed by atoms with van der Waals surface area (Å²) in [5, 5.41) is 18.6. The molecular formula is C59H94N16O22. The molecule has 0 aliphatic carbocycles. The number of nitrogens with zero attached hydrogens (tertiary/aromatic N) is 4. The molecule has 0 radical (unpaired) electrons. The van der Waals surface area contributed by atoms with Crippen LogP contribution >= 0.6 is 0 Å². The van der Waals surface area contributed by atoms with Crippen molar-refractivity contribution in [2.24, 2.45) is 22.9 Å². The molecule has 0 unspecified atom stereocenters. The Kier molecular flexibility index (Phi) is 46.5. The van der Waals surface area contributed by atoms with E-state index in [1.807, 2.05) is 0 Å². The molecule has 38 nitrogen and oxygen atoms in total. The van der Waals surface area contributed by atoms with Gasteiger partial charge in [-0.25, -0.2) is 0 Å². The van der Waals surface area contributed by atoms with Gasteiger partial charge in [-0.1, -0.05) is 6.92 Å². The lowest BCUT2D eigenvalue weighted by Crippen LogP contribution is -2.46. The lowest BCUT2D eigenvalue weighted by atomic mass is 10.1. The molecule has 97 heavy (non-hydrogen) atoms. The number of ketones is 8. The summed E-state index contributed by atoms with van der Waals surface area (Å²) in [5.41, 5.74) is 21.1. The third-order valence-electron chi connectivity index (χ3n) is 13.6. The number of methoxy groups -OCH3 is 1. The fraction of sp³-hybridized carbons (Fsp3) is 0.644. The minimum atomic E-state index is -0.857. The van der Waals surface area contributed by atoms with Gasteiger partial charge in [-0.2, -0.15) is 0 Å². The summed E-state index contributed by atoms with van der Waals surface area (Å²) in [7, 11) is 1.06. The lowest BCUT2D eigenvalue weighted by Gasteiger charge is -2.22. The first-order chi connectivity index (χ1) is 46.0. The van der Waals surface area contributed by atoms with E-state index >= 15 is 0 Å². The predicted octanol–water partition coefficient (Wildman–Crippen LogP) is -8.95. The van der Waals surface area contributed by atoms with E-state index in [-0.39, 0.29) is 89.7 Å². The molecule has 12 amide bonds. The highest BCUT2D eigenvalue weighted by molar-refractivity contribution is 5.96. The normalized spacial score (nSPS) is 10.5. The van der Waals surface area contributed by atoms with Crippen molar-refractivity contribution in [2.45, 2.75) is 110 Å². The van der Waals surface area contributed by atoms with Gasteiger partial charge in [0.2, 0.25) is 70.9 Å². The smallest absolute Gasteiger partial charge is 0.325 e. The van der Waals surface area contributed by atoms with E-state index in [1.165, 1.54) is 0 Å². The lowest BCUT2D eigenvalue weighted by molar-refractivity contribution is -0.147. The van der Waals surface area contributed by atoms with E-state index in [0.717, 1.165) is 26.7 Å². The average molecular weight is 1380 g/mol. The van der Waals surface area contributed by atoms with Gasteiger partial charge >= 0.3 is 5.97 Å². The Morgan fingerprint density at radius 2 is 0.495 bits per heavy atom. The van der Waals surface area contributed by atoms with Crippen molar-refractivity contribution in [2.75, 3.05) is 138 Å². The predicted molar refractivity (Wildman–Crippen MR) is 338 cm³/mol. The first-order valence-corrected chi connectivity index (χ1v) is 31.2. The van der Waals surface area contributed by atoms with Crippen molar-refractivity contribution in [1.29, 1.82) is 0 Å². The molecule has 0 saturated carbocycles. The van der Waals surface area contributed by atoms with Gasteiger partial charge in [0, 0.05) is 96.7 Å². The molecule has 0 aliphatic rings. The van der Waals surface area contributed by atoms with E-state index < -0.39 is 261 Å². The number of hydrogen-bond donors (Lipinski definition) is 12. The van der Waals surface area contributed by atoms with Crippen LogP contribution in [-0.4, -0.2) is 281 Å². The van der Waals surface area contributed by atoms with Gasteiger partial charge < -0.3 is 89.8 Å². The maximum atomic E-state index is 13.1. The minimum absolute atomic E-state index is 0.0215. The number of ether oxygens (including phenoxy) is 1. The maximum absolute atomic E-state index is 13.1. The van der Waals surface area contributed by atoms with Crippen LogP contribution in [0.3, 0.4) is 0 Å². The van der Waals surface area contributed by atoms with Crippen LogP contribution in [-0.2, 0) is 105 Å². The second-order valence-corrected chi connectivity index (χ2v) is 21.7.